The molecule has 1 aromatic carbocycles. The Hall–Kier alpha value is -2.48. The number of hydrogen-bond acceptors (Lipinski definition) is 6. The molecule has 2 amide bonds. The second-order valence-electron chi connectivity index (χ2n) is 5.59. The number of nitro groups is 1. The number of hydrogen-bond donors (Lipinski definition) is 2. The summed E-state index contributed by atoms with van der Waals surface area (Å²) >= 11 is 0. The highest BCUT2D eigenvalue weighted by Crippen LogP contribution is 2.34. The van der Waals surface area contributed by atoms with Crippen LogP contribution in [-0.4, -0.2) is 21.6 Å². The van der Waals surface area contributed by atoms with E-state index in [1.165, 1.54) is 18.2 Å². The first kappa shape index (κ1) is 14.9. The topological polar surface area (TPSA) is 119 Å². The van der Waals surface area contributed by atoms with Gasteiger partial charge >= 0.3 is 0 Å². The lowest BCUT2D eigenvalue weighted by atomic mass is 9.92. The number of nitro benzene ring substituents is 1. The highest BCUT2D eigenvalue weighted by atomic mass is 16.6. The van der Waals surface area contributed by atoms with Crippen molar-refractivity contribution in [3.8, 4) is 0 Å². The molecule has 0 aliphatic carbocycles. The summed E-state index contributed by atoms with van der Waals surface area (Å²) in [4.78, 5) is 35.5. The van der Waals surface area contributed by atoms with Crippen molar-refractivity contribution in [1.29, 1.82) is 0 Å². The van der Waals surface area contributed by atoms with E-state index in [0.717, 1.165) is 4.90 Å². The lowest BCUT2D eigenvalue weighted by Gasteiger charge is -2.19. The fourth-order valence-corrected chi connectivity index (χ4v) is 2.32. The number of nitrogen functional groups attached to an aromatic ring is 1. The lowest BCUT2D eigenvalue weighted by Crippen LogP contribution is -2.33. The summed E-state index contributed by atoms with van der Waals surface area (Å²) in [7, 11) is 0. The van der Waals surface area contributed by atoms with E-state index in [2.05, 4.69) is 5.43 Å². The molecule has 3 N–H and O–H groups in total. The van der Waals surface area contributed by atoms with Gasteiger partial charge < -0.3 is 5.43 Å². The third-order valence-electron chi connectivity index (χ3n) is 3.50. The molecule has 8 heteroatoms. The fraction of sp³-hybridized carbons (Fsp3) is 0.385. The molecule has 0 spiro atoms. The monoisotopic (exact) mass is 292 g/mol. The number of anilines is 1. The van der Waals surface area contributed by atoms with Crippen molar-refractivity contribution in [2.45, 2.75) is 26.8 Å². The second-order valence-corrected chi connectivity index (χ2v) is 5.59. The van der Waals surface area contributed by atoms with Crippen LogP contribution >= 0.6 is 0 Å². The van der Waals surface area contributed by atoms with Crippen LogP contribution in [0.3, 0.4) is 0 Å². The Kier molecular flexibility index (Phi) is 3.65. The molecular weight excluding hydrogens is 276 g/mol. The van der Waals surface area contributed by atoms with Gasteiger partial charge in [0.2, 0.25) is 11.8 Å². The fourth-order valence-electron chi connectivity index (χ4n) is 2.32. The number of benzene rings is 1. The van der Waals surface area contributed by atoms with Crippen molar-refractivity contribution in [2.24, 2.45) is 11.3 Å². The predicted molar refractivity (Wildman–Crippen MR) is 74.9 cm³/mol. The van der Waals surface area contributed by atoms with E-state index in [-0.39, 0.29) is 30.5 Å². The van der Waals surface area contributed by atoms with Crippen LogP contribution in [0.25, 0.3) is 0 Å². The largest absolute Gasteiger partial charge is 0.324 e. The zero-order valence-corrected chi connectivity index (χ0v) is 11.8. The average Bonchev–Trinajstić information content (AvgIpc) is 2.60. The van der Waals surface area contributed by atoms with Crippen molar-refractivity contribution in [3.63, 3.8) is 0 Å². The van der Waals surface area contributed by atoms with Crippen molar-refractivity contribution in [3.05, 3.63) is 33.9 Å². The summed E-state index contributed by atoms with van der Waals surface area (Å²) in [5, 5.41) is 10.8. The minimum atomic E-state index is -0.742. The second kappa shape index (κ2) is 5.13. The Labute approximate surface area is 121 Å². The first-order chi connectivity index (χ1) is 9.76. The Morgan fingerprint density at radius 2 is 2.10 bits per heavy atom. The van der Waals surface area contributed by atoms with Gasteiger partial charge in [-0.15, -0.1) is 0 Å². The molecule has 1 saturated heterocycles. The SMILES string of the molecule is CC1(C)CC(=O)N(Cc2cc([N+](=O)[O-])ccc2NN)C1=O. The summed E-state index contributed by atoms with van der Waals surface area (Å²) in [6.07, 6.45) is 0.131. The van der Waals surface area contributed by atoms with Crippen LogP contribution in [0.5, 0.6) is 0 Å². The van der Waals surface area contributed by atoms with Crippen LogP contribution in [0.4, 0.5) is 11.4 Å². The van der Waals surface area contributed by atoms with Crippen LogP contribution < -0.4 is 11.3 Å². The van der Waals surface area contributed by atoms with Gasteiger partial charge in [0.15, 0.2) is 0 Å². The number of rotatable bonds is 4. The maximum atomic E-state index is 12.2. The standard InChI is InChI=1S/C13H16N4O4/c1-13(2)6-11(18)16(12(13)19)7-8-5-9(17(20)21)3-4-10(8)15-14/h3-5,15H,6-7,14H2,1-2H3. The summed E-state index contributed by atoms with van der Waals surface area (Å²) in [5.41, 5.74) is 2.41. The normalized spacial score (nSPS) is 17.2. The Morgan fingerprint density at radius 1 is 1.43 bits per heavy atom. The van der Waals surface area contributed by atoms with Gasteiger partial charge in [-0.1, -0.05) is 13.8 Å². The molecule has 8 nitrogen and oxygen atoms in total. The number of likely N-dealkylation sites (tertiary alicyclic amines) is 1. The number of hydrazine groups is 1. The maximum absolute atomic E-state index is 12.2. The molecule has 0 atom stereocenters. The van der Waals surface area contributed by atoms with Gasteiger partial charge in [-0.3, -0.25) is 30.4 Å². The zero-order valence-electron chi connectivity index (χ0n) is 11.8. The minimum Gasteiger partial charge on any atom is -0.324 e. The van der Waals surface area contributed by atoms with Crippen LogP contribution in [0.15, 0.2) is 18.2 Å². The first-order valence-electron chi connectivity index (χ1n) is 6.35. The number of nitrogens with two attached hydrogens (primary N) is 1. The van der Waals surface area contributed by atoms with E-state index in [0.29, 0.717) is 11.3 Å². The summed E-state index contributed by atoms with van der Waals surface area (Å²) in [6.45, 7) is 3.36. The number of carbonyl (C=O) groups excluding carboxylic acids is 2. The molecule has 21 heavy (non-hydrogen) atoms. The van der Waals surface area contributed by atoms with Gasteiger partial charge in [0, 0.05) is 24.1 Å². The van der Waals surface area contributed by atoms with E-state index >= 15 is 0 Å². The molecule has 0 aromatic heterocycles. The van der Waals surface area contributed by atoms with Gasteiger partial charge in [0.05, 0.1) is 22.6 Å². The Bertz CT molecular complexity index is 627. The van der Waals surface area contributed by atoms with Gasteiger partial charge in [-0.05, 0) is 6.07 Å². The quantitative estimate of drug-likeness (QED) is 0.372. The van der Waals surface area contributed by atoms with Crippen LogP contribution in [0.2, 0.25) is 0 Å². The molecule has 112 valence electrons. The van der Waals surface area contributed by atoms with Crippen molar-refractivity contribution < 1.29 is 14.5 Å². The van der Waals surface area contributed by atoms with Crippen molar-refractivity contribution in [2.75, 3.05) is 5.43 Å². The van der Waals surface area contributed by atoms with Crippen molar-refractivity contribution in [1.82, 2.24) is 4.90 Å². The highest BCUT2D eigenvalue weighted by molar-refractivity contribution is 6.05. The van der Waals surface area contributed by atoms with E-state index in [1.54, 1.807) is 13.8 Å². The number of nitrogens with one attached hydrogen (secondary N) is 1. The van der Waals surface area contributed by atoms with Gasteiger partial charge in [-0.25, -0.2) is 0 Å². The molecule has 0 bridgehead atoms. The van der Waals surface area contributed by atoms with E-state index in [1.807, 2.05) is 0 Å². The zero-order chi connectivity index (χ0) is 15.8. The first-order valence-corrected chi connectivity index (χ1v) is 6.35. The van der Waals surface area contributed by atoms with Crippen LogP contribution in [0, 0.1) is 15.5 Å². The van der Waals surface area contributed by atoms with E-state index in [9.17, 15) is 19.7 Å². The van der Waals surface area contributed by atoms with E-state index in [4.69, 9.17) is 5.84 Å². The molecule has 0 unspecified atom stereocenters. The number of amides is 2. The van der Waals surface area contributed by atoms with Crippen LogP contribution in [0.1, 0.15) is 25.8 Å². The average molecular weight is 292 g/mol. The van der Waals surface area contributed by atoms with Gasteiger partial charge in [0.25, 0.3) is 5.69 Å². The third kappa shape index (κ3) is 2.70. The smallest absolute Gasteiger partial charge is 0.269 e. The third-order valence-corrected chi connectivity index (χ3v) is 3.50. The molecule has 1 aromatic rings. The van der Waals surface area contributed by atoms with E-state index < -0.39 is 10.3 Å². The molecule has 2 rings (SSSR count). The summed E-state index contributed by atoms with van der Waals surface area (Å²) < 4.78 is 0. The van der Waals surface area contributed by atoms with Gasteiger partial charge in [-0.2, -0.15) is 0 Å². The summed E-state index contributed by atoms with van der Waals surface area (Å²) in [6, 6.07) is 4.06. The molecule has 1 fully saturated rings. The lowest BCUT2D eigenvalue weighted by molar-refractivity contribution is -0.384. The van der Waals surface area contributed by atoms with Crippen molar-refractivity contribution >= 4 is 23.2 Å². The predicted octanol–water partition coefficient (Wildman–Crippen LogP) is 1.17. The molecule has 0 saturated carbocycles. The maximum Gasteiger partial charge on any atom is 0.269 e. The number of carbonyl (C=O) groups is 2. The minimum absolute atomic E-state index is 0.0394. The molecule has 1 heterocycles. The number of imide groups is 1. The van der Waals surface area contributed by atoms with Crippen LogP contribution in [-0.2, 0) is 16.1 Å². The molecule has 1 aliphatic heterocycles. The summed E-state index contributed by atoms with van der Waals surface area (Å²) in [5.74, 6) is 4.78. The number of nitrogens with zero attached hydrogens (tertiary/aromatic N) is 2. The molecule has 0 radical (unpaired) electrons. The Balaban J connectivity index is 2.35. The molecule has 1 aliphatic rings. The Morgan fingerprint density at radius 3 is 2.57 bits per heavy atom. The number of non-ortho nitro benzene ring substituents is 1. The molecular formula is C13H16N4O4. The van der Waals surface area contributed by atoms with Gasteiger partial charge in [0.1, 0.15) is 0 Å². The highest BCUT2D eigenvalue weighted by Gasteiger charge is 2.44.